The van der Waals surface area contributed by atoms with Gasteiger partial charge in [0.2, 0.25) is 5.43 Å². The fraction of sp³-hybridized carbons (Fsp3) is 0. The van der Waals surface area contributed by atoms with Gasteiger partial charge in [-0.05, 0) is 34.7 Å². The summed E-state index contributed by atoms with van der Waals surface area (Å²) in [5.41, 5.74) is -0.244. The molecule has 0 radical (unpaired) electrons. The zero-order chi connectivity index (χ0) is 13.7. The predicted octanol–water partition coefficient (Wildman–Crippen LogP) is 2.67. The summed E-state index contributed by atoms with van der Waals surface area (Å²) in [7, 11) is 0. The Morgan fingerprint density at radius 3 is 2.47 bits per heavy atom. The lowest BCUT2D eigenvalue weighted by Crippen LogP contribution is -2.03. The third-order valence-corrected chi connectivity index (χ3v) is 3.67. The van der Waals surface area contributed by atoms with Crippen molar-refractivity contribution in [2.24, 2.45) is 0 Å². The first-order valence-corrected chi connectivity index (χ1v) is 6.37. The third kappa shape index (κ3) is 1.71. The summed E-state index contributed by atoms with van der Waals surface area (Å²) in [5, 5.41) is 28.9. The van der Waals surface area contributed by atoms with E-state index in [1.54, 1.807) is 6.07 Å². The van der Waals surface area contributed by atoms with Crippen molar-refractivity contribution in [3.63, 3.8) is 0 Å². The number of benzene rings is 2. The van der Waals surface area contributed by atoms with Crippen LogP contribution in [0.2, 0.25) is 0 Å². The highest BCUT2D eigenvalue weighted by Crippen LogP contribution is 2.33. The van der Waals surface area contributed by atoms with E-state index in [1.807, 2.05) is 22.6 Å². The lowest BCUT2D eigenvalue weighted by molar-refractivity contribution is 0.453. The van der Waals surface area contributed by atoms with Crippen LogP contribution in [0.15, 0.2) is 33.5 Å². The fourth-order valence-electron chi connectivity index (χ4n) is 2.00. The second-order valence-electron chi connectivity index (χ2n) is 4.04. The van der Waals surface area contributed by atoms with Gasteiger partial charge in [0.25, 0.3) is 0 Å². The van der Waals surface area contributed by atoms with Gasteiger partial charge in [-0.25, -0.2) is 0 Å². The molecule has 0 bridgehead atoms. The molecule has 0 saturated carbocycles. The van der Waals surface area contributed by atoms with Crippen LogP contribution in [-0.4, -0.2) is 15.3 Å². The van der Waals surface area contributed by atoms with E-state index in [2.05, 4.69) is 0 Å². The molecule has 2 aromatic carbocycles. The van der Waals surface area contributed by atoms with Crippen molar-refractivity contribution in [1.82, 2.24) is 0 Å². The standard InChI is InChI=1S/C13H7IO5/c14-6-1-2-7(16)11-12(18)10-8(17)3-5(15)4-9(10)19-13(6)11/h1-4,15-17H. The molecular formula is C13H7IO5. The molecule has 6 heteroatoms. The highest BCUT2D eigenvalue weighted by atomic mass is 127. The highest BCUT2D eigenvalue weighted by molar-refractivity contribution is 14.1. The fourth-order valence-corrected chi connectivity index (χ4v) is 2.56. The third-order valence-electron chi connectivity index (χ3n) is 2.82. The van der Waals surface area contributed by atoms with Gasteiger partial charge in [-0.1, -0.05) is 0 Å². The largest absolute Gasteiger partial charge is 0.508 e. The zero-order valence-electron chi connectivity index (χ0n) is 9.35. The lowest BCUT2D eigenvalue weighted by Gasteiger charge is -2.06. The van der Waals surface area contributed by atoms with Crippen molar-refractivity contribution >= 4 is 44.5 Å². The molecule has 96 valence electrons. The average molecular weight is 370 g/mol. The zero-order valence-corrected chi connectivity index (χ0v) is 11.5. The van der Waals surface area contributed by atoms with E-state index in [4.69, 9.17) is 4.42 Å². The molecular weight excluding hydrogens is 363 g/mol. The van der Waals surface area contributed by atoms with Gasteiger partial charge in [0.15, 0.2) is 5.58 Å². The van der Waals surface area contributed by atoms with Crippen LogP contribution in [0.4, 0.5) is 0 Å². The molecule has 0 amide bonds. The topological polar surface area (TPSA) is 90.9 Å². The van der Waals surface area contributed by atoms with Crippen LogP contribution >= 0.6 is 22.6 Å². The second-order valence-corrected chi connectivity index (χ2v) is 5.20. The van der Waals surface area contributed by atoms with Crippen LogP contribution in [-0.2, 0) is 0 Å². The maximum absolute atomic E-state index is 12.3. The molecule has 0 spiro atoms. The molecule has 0 aliphatic heterocycles. The first kappa shape index (κ1) is 12.1. The quantitative estimate of drug-likeness (QED) is 0.418. The van der Waals surface area contributed by atoms with Crippen molar-refractivity contribution in [2.75, 3.05) is 0 Å². The average Bonchev–Trinajstić information content (AvgIpc) is 2.32. The molecule has 0 fully saturated rings. The molecule has 3 aromatic rings. The maximum atomic E-state index is 12.3. The van der Waals surface area contributed by atoms with Crippen LogP contribution < -0.4 is 5.43 Å². The van der Waals surface area contributed by atoms with Gasteiger partial charge in [0.05, 0.1) is 3.57 Å². The minimum Gasteiger partial charge on any atom is -0.508 e. The van der Waals surface area contributed by atoms with E-state index in [9.17, 15) is 20.1 Å². The predicted molar refractivity (Wildman–Crippen MR) is 77.7 cm³/mol. The Labute approximate surface area is 119 Å². The van der Waals surface area contributed by atoms with Gasteiger partial charge < -0.3 is 19.7 Å². The Morgan fingerprint density at radius 2 is 1.74 bits per heavy atom. The van der Waals surface area contributed by atoms with Crippen molar-refractivity contribution in [1.29, 1.82) is 0 Å². The second kappa shape index (κ2) is 4.02. The van der Waals surface area contributed by atoms with Crippen LogP contribution in [0.1, 0.15) is 0 Å². The molecule has 0 saturated heterocycles. The molecule has 0 aliphatic carbocycles. The number of fused-ring (bicyclic) bond motifs is 2. The van der Waals surface area contributed by atoms with Crippen molar-refractivity contribution in [3.05, 3.63) is 38.1 Å². The normalized spacial score (nSPS) is 11.2. The minimum atomic E-state index is -0.537. The first-order chi connectivity index (χ1) is 8.99. The molecule has 0 atom stereocenters. The molecule has 0 aliphatic rings. The molecule has 5 nitrogen and oxygen atoms in total. The van der Waals surface area contributed by atoms with Crippen LogP contribution in [0, 0.1) is 3.57 Å². The number of rotatable bonds is 0. The summed E-state index contributed by atoms with van der Waals surface area (Å²) in [4.78, 5) is 12.3. The molecule has 3 N–H and O–H groups in total. The highest BCUT2D eigenvalue weighted by Gasteiger charge is 2.17. The Morgan fingerprint density at radius 1 is 1.00 bits per heavy atom. The summed E-state index contributed by atoms with van der Waals surface area (Å²) >= 11 is 1.97. The number of halogens is 1. The summed E-state index contributed by atoms with van der Waals surface area (Å²) in [6.07, 6.45) is 0. The number of phenols is 3. The number of aromatic hydroxyl groups is 3. The SMILES string of the molecule is O=c1c2c(O)cc(O)cc2oc2c(I)ccc(O)c12. The van der Waals surface area contributed by atoms with Crippen molar-refractivity contribution in [2.45, 2.75) is 0 Å². The summed E-state index contributed by atoms with van der Waals surface area (Å²) in [6, 6.07) is 5.30. The van der Waals surface area contributed by atoms with Crippen molar-refractivity contribution < 1.29 is 19.7 Å². The van der Waals surface area contributed by atoms with Crippen LogP contribution in [0.5, 0.6) is 17.2 Å². The Balaban J connectivity index is 2.69. The lowest BCUT2D eigenvalue weighted by atomic mass is 10.1. The van der Waals surface area contributed by atoms with Gasteiger partial charge in [0, 0.05) is 12.1 Å². The van der Waals surface area contributed by atoms with Gasteiger partial charge in [-0.15, -0.1) is 0 Å². The van der Waals surface area contributed by atoms with Gasteiger partial charge in [-0.2, -0.15) is 0 Å². The van der Waals surface area contributed by atoms with Gasteiger partial charge >= 0.3 is 0 Å². The Hall–Kier alpha value is -1.96. The van der Waals surface area contributed by atoms with E-state index in [-0.39, 0.29) is 39.2 Å². The first-order valence-electron chi connectivity index (χ1n) is 5.29. The Kier molecular flexibility index (Phi) is 2.56. The van der Waals surface area contributed by atoms with Gasteiger partial charge in [0.1, 0.15) is 33.6 Å². The summed E-state index contributed by atoms with van der Waals surface area (Å²) in [5.74, 6) is -0.801. The van der Waals surface area contributed by atoms with E-state index in [0.717, 1.165) is 6.07 Å². The summed E-state index contributed by atoms with van der Waals surface area (Å²) in [6.45, 7) is 0. The maximum Gasteiger partial charge on any atom is 0.208 e. The summed E-state index contributed by atoms with van der Waals surface area (Å²) < 4.78 is 6.16. The van der Waals surface area contributed by atoms with E-state index < -0.39 is 5.43 Å². The molecule has 0 unspecified atom stereocenters. The molecule has 19 heavy (non-hydrogen) atoms. The van der Waals surface area contributed by atoms with Crippen LogP contribution in [0.3, 0.4) is 0 Å². The van der Waals surface area contributed by atoms with Crippen molar-refractivity contribution in [3.8, 4) is 17.2 Å². The Bertz CT molecular complexity index is 882. The molecule has 1 aromatic heterocycles. The van der Waals surface area contributed by atoms with E-state index in [1.165, 1.54) is 12.1 Å². The monoisotopic (exact) mass is 370 g/mol. The van der Waals surface area contributed by atoms with Crippen LogP contribution in [0.25, 0.3) is 21.9 Å². The van der Waals surface area contributed by atoms with E-state index in [0.29, 0.717) is 3.57 Å². The number of hydrogen-bond donors (Lipinski definition) is 3. The smallest absolute Gasteiger partial charge is 0.208 e. The van der Waals surface area contributed by atoms with E-state index >= 15 is 0 Å². The molecule has 1 heterocycles. The molecule has 3 rings (SSSR count). The number of phenolic OH excluding ortho intramolecular Hbond substituents is 3. The minimum absolute atomic E-state index is 0.0142. The van der Waals surface area contributed by atoms with Gasteiger partial charge in [-0.3, -0.25) is 4.79 Å². The number of hydrogen-bond acceptors (Lipinski definition) is 5.